The van der Waals surface area contributed by atoms with Crippen LogP contribution in [0.5, 0.6) is 0 Å². The normalized spacial score (nSPS) is 21.7. The largest absolute Gasteiger partial charge is 0.0840 e. The molecule has 0 saturated heterocycles. The van der Waals surface area contributed by atoms with Crippen molar-refractivity contribution in [2.75, 3.05) is 0 Å². The summed E-state index contributed by atoms with van der Waals surface area (Å²) >= 11 is 0. The molecule has 0 fully saturated rings. The zero-order valence-corrected chi connectivity index (χ0v) is 20.3. The lowest BCUT2D eigenvalue weighted by Gasteiger charge is -2.26. The second kappa shape index (κ2) is 8.24. The third-order valence-corrected chi connectivity index (χ3v) is 8.38. The van der Waals surface area contributed by atoms with Crippen LogP contribution >= 0.6 is 0 Å². The Morgan fingerprint density at radius 2 is 1.57 bits per heavy atom. The van der Waals surface area contributed by atoms with Crippen molar-refractivity contribution in [2.24, 2.45) is 11.8 Å². The molecule has 0 bridgehead atoms. The first-order valence-electron chi connectivity index (χ1n) is 13.0. The van der Waals surface area contributed by atoms with Crippen LogP contribution < -0.4 is 0 Å². The summed E-state index contributed by atoms with van der Waals surface area (Å²) in [6.45, 7) is 2.31. The Hall–Kier alpha value is -3.64. The molecule has 0 aliphatic heterocycles. The highest BCUT2D eigenvalue weighted by molar-refractivity contribution is 6.11. The highest BCUT2D eigenvalue weighted by Gasteiger charge is 2.38. The Balaban J connectivity index is 1.54. The van der Waals surface area contributed by atoms with E-state index in [9.17, 15) is 0 Å². The predicted molar refractivity (Wildman–Crippen MR) is 149 cm³/mol. The van der Waals surface area contributed by atoms with E-state index >= 15 is 0 Å². The molecule has 0 amide bonds. The second-order valence-electron chi connectivity index (χ2n) is 10.4. The van der Waals surface area contributed by atoms with Gasteiger partial charge in [0.1, 0.15) is 0 Å². The first-order valence-corrected chi connectivity index (χ1v) is 13.0. The van der Waals surface area contributed by atoms with Gasteiger partial charge in [-0.15, -0.1) is 0 Å². The van der Waals surface area contributed by atoms with Gasteiger partial charge in [-0.1, -0.05) is 109 Å². The molecule has 35 heavy (non-hydrogen) atoms. The summed E-state index contributed by atoms with van der Waals surface area (Å²) in [5, 5.41) is 2.86. The summed E-state index contributed by atoms with van der Waals surface area (Å²) in [6.07, 6.45) is 23.1. The minimum absolute atomic E-state index is 0.514. The molecule has 2 unspecified atom stereocenters. The Bertz CT molecular complexity index is 1530. The standard InChI is InChI=1S/C35H30/c1-23-19-20-30-33-26(23)17-10-18-29(33)34-31(21-24-11-4-2-5-12-24)27-15-8-9-16-28(27)32(35(30)34)22-25-13-6-3-7-14-25/h2-11,13-16,18-20,24,26H,12,17,21-22H2,1H3. The number of fused-ring (bicyclic) bond motifs is 4. The van der Waals surface area contributed by atoms with Gasteiger partial charge in [-0.2, -0.15) is 0 Å². The van der Waals surface area contributed by atoms with E-state index in [1.807, 2.05) is 0 Å². The van der Waals surface area contributed by atoms with Crippen LogP contribution in [-0.4, -0.2) is 0 Å². The molecular weight excluding hydrogens is 420 g/mol. The van der Waals surface area contributed by atoms with Crippen LogP contribution in [-0.2, 0) is 12.8 Å². The van der Waals surface area contributed by atoms with Gasteiger partial charge in [-0.3, -0.25) is 0 Å². The predicted octanol–water partition coefficient (Wildman–Crippen LogP) is 8.79. The molecule has 0 heteroatoms. The van der Waals surface area contributed by atoms with Crippen molar-refractivity contribution >= 4 is 21.9 Å². The minimum Gasteiger partial charge on any atom is -0.0840 e. The molecule has 0 heterocycles. The average Bonchev–Trinajstić information content (AvgIpc) is 3.25. The van der Waals surface area contributed by atoms with Gasteiger partial charge in [0.15, 0.2) is 0 Å². The van der Waals surface area contributed by atoms with E-state index in [0.29, 0.717) is 11.8 Å². The molecule has 0 radical (unpaired) electrons. The number of hydrogen-bond donors (Lipinski definition) is 0. The van der Waals surface area contributed by atoms with Crippen molar-refractivity contribution in [3.8, 4) is 0 Å². The van der Waals surface area contributed by atoms with Gasteiger partial charge in [-0.25, -0.2) is 0 Å². The van der Waals surface area contributed by atoms with Crippen molar-refractivity contribution in [3.63, 3.8) is 0 Å². The van der Waals surface area contributed by atoms with E-state index in [-0.39, 0.29) is 0 Å². The fourth-order valence-electron chi connectivity index (χ4n) is 6.74. The Morgan fingerprint density at radius 3 is 2.37 bits per heavy atom. The van der Waals surface area contributed by atoms with Crippen LogP contribution in [0.15, 0.2) is 114 Å². The second-order valence-corrected chi connectivity index (χ2v) is 10.4. The summed E-state index contributed by atoms with van der Waals surface area (Å²) in [7, 11) is 0. The molecule has 0 nitrogen and oxygen atoms in total. The van der Waals surface area contributed by atoms with Crippen molar-refractivity contribution < 1.29 is 0 Å². The summed E-state index contributed by atoms with van der Waals surface area (Å²) in [5.74, 6) is 1.07. The van der Waals surface area contributed by atoms with Crippen LogP contribution in [0.2, 0.25) is 0 Å². The molecule has 4 aliphatic rings. The van der Waals surface area contributed by atoms with E-state index in [4.69, 9.17) is 0 Å². The van der Waals surface area contributed by atoms with Gasteiger partial charge in [0, 0.05) is 5.92 Å². The van der Waals surface area contributed by atoms with Crippen molar-refractivity contribution in [3.05, 3.63) is 142 Å². The summed E-state index contributed by atoms with van der Waals surface area (Å²) in [6, 6.07) is 20.2. The number of rotatable bonds is 4. The van der Waals surface area contributed by atoms with Gasteiger partial charge in [0.05, 0.1) is 0 Å². The molecular formula is C35H30. The summed E-state index contributed by atoms with van der Waals surface area (Å²) in [4.78, 5) is 0. The Morgan fingerprint density at radius 1 is 0.771 bits per heavy atom. The summed E-state index contributed by atoms with van der Waals surface area (Å²) < 4.78 is 0. The molecule has 0 aromatic heterocycles. The Kier molecular flexibility index (Phi) is 4.87. The van der Waals surface area contributed by atoms with Crippen LogP contribution in [0, 0.1) is 11.8 Å². The molecule has 7 rings (SSSR count). The lowest BCUT2D eigenvalue weighted by molar-refractivity contribution is 0.655. The first-order chi connectivity index (χ1) is 17.3. The monoisotopic (exact) mass is 450 g/mol. The van der Waals surface area contributed by atoms with Gasteiger partial charge < -0.3 is 0 Å². The lowest BCUT2D eigenvalue weighted by Crippen LogP contribution is -2.11. The zero-order valence-electron chi connectivity index (χ0n) is 20.3. The first kappa shape index (κ1) is 20.7. The molecule has 0 spiro atoms. The molecule has 0 saturated carbocycles. The van der Waals surface area contributed by atoms with E-state index in [1.54, 1.807) is 5.57 Å². The fourth-order valence-corrected chi connectivity index (χ4v) is 6.74. The average molecular weight is 451 g/mol. The van der Waals surface area contributed by atoms with Crippen LogP contribution in [0.3, 0.4) is 0 Å². The van der Waals surface area contributed by atoms with E-state index < -0.39 is 0 Å². The van der Waals surface area contributed by atoms with E-state index in [2.05, 4.69) is 110 Å². The van der Waals surface area contributed by atoms with Crippen molar-refractivity contribution in [1.29, 1.82) is 0 Å². The molecule has 4 aliphatic carbocycles. The number of allylic oxidation sites excluding steroid dienone is 12. The van der Waals surface area contributed by atoms with E-state index in [0.717, 1.165) is 25.7 Å². The third kappa shape index (κ3) is 3.27. The highest BCUT2D eigenvalue weighted by atomic mass is 14.4. The number of hydrogen-bond acceptors (Lipinski definition) is 0. The summed E-state index contributed by atoms with van der Waals surface area (Å²) in [5.41, 5.74) is 13.5. The maximum atomic E-state index is 2.44. The smallest absolute Gasteiger partial charge is 0.00954 e. The molecule has 170 valence electrons. The van der Waals surface area contributed by atoms with Crippen molar-refractivity contribution in [1.82, 2.24) is 0 Å². The SMILES string of the molecule is CC1=CC=C2C3=C(C=CCC13)c1c2c(Cc2ccccc2)c2ccccc2c1CC1C=CC=CC1. The number of benzene rings is 3. The Labute approximate surface area is 208 Å². The van der Waals surface area contributed by atoms with Gasteiger partial charge >= 0.3 is 0 Å². The quantitative estimate of drug-likeness (QED) is 0.372. The van der Waals surface area contributed by atoms with Crippen LogP contribution in [0.4, 0.5) is 0 Å². The molecule has 2 atom stereocenters. The van der Waals surface area contributed by atoms with Crippen LogP contribution in [0.1, 0.15) is 47.6 Å². The van der Waals surface area contributed by atoms with Crippen LogP contribution in [0.25, 0.3) is 21.9 Å². The van der Waals surface area contributed by atoms with Gasteiger partial charge in [0.25, 0.3) is 0 Å². The van der Waals surface area contributed by atoms with Gasteiger partial charge in [0.2, 0.25) is 0 Å². The minimum atomic E-state index is 0.514. The maximum Gasteiger partial charge on any atom is 0.00954 e. The lowest BCUT2D eigenvalue weighted by atomic mass is 9.77. The maximum absolute atomic E-state index is 2.44. The molecule has 3 aromatic rings. The molecule has 0 N–H and O–H groups in total. The van der Waals surface area contributed by atoms with Crippen molar-refractivity contribution in [2.45, 2.75) is 32.6 Å². The third-order valence-electron chi connectivity index (χ3n) is 8.38. The zero-order chi connectivity index (χ0) is 23.4. The fraction of sp³-hybridized carbons (Fsp3) is 0.200. The molecule has 3 aromatic carbocycles. The van der Waals surface area contributed by atoms with E-state index in [1.165, 1.54) is 55.3 Å². The highest BCUT2D eigenvalue weighted by Crippen LogP contribution is 2.55. The topological polar surface area (TPSA) is 0 Å². The van der Waals surface area contributed by atoms with Gasteiger partial charge in [-0.05, 0) is 93.8 Å².